The van der Waals surface area contributed by atoms with E-state index in [0.29, 0.717) is 22.8 Å². The molecule has 4 rings (SSSR count). The highest BCUT2D eigenvalue weighted by molar-refractivity contribution is 7.99. The summed E-state index contributed by atoms with van der Waals surface area (Å²) in [7, 11) is 0. The van der Waals surface area contributed by atoms with Gasteiger partial charge in [0, 0.05) is 13.1 Å². The van der Waals surface area contributed by atoms with Crippen LogP contribution in [0, 0.1) is 0 Å². The molecule has 0 aliphatic carbocycles. The van der Waals surface area contributed by atoms with Crippen molar-refractivity contribution >= 4 is 40.1 Å². The smallest absolute Gasteiger partial charge is 0.291 e. The summed E-state index contributed by atoms with van der Waals surface area (Å²) < 4.78 is 27.5. The quantitative estimate of drug-likeness (QED) is 0.576. The number of imidazole rings is 1. The van der Waals surface area contributed by atoms with Crippen LogP contribution >= 0.6 is 11.8 Å². The van der Waals surface area contributed by atoms with Crippen molar-refractivity contribution in [3.8, 4) is 0 Å². The molecule has 0 saturated carbocycles. The molecule has 0 atom stereocenters. The molecule has 0 bridgehead atoms. The van der Waals surface area contributed by atoms with Crippen molar-refractivity contribution in [2.24, 2.45) is 0 Å². The Bertz CT molecular complexity index is 1000. The zero-order valence-corrected chi connectivity index (χ0v) is 16.7. The molecule has 3 aromatic rings. The van der Waals surface area contributed by atoms with Crippen LogP contribution in [0.3, 0.4) is 0 Å². The molecular formula is C21H22F2N4OS. The number of nitrogens with zero attached hydrogens (tertiary/aromatic N) is 3. The highest BCUT2D eigenvalue weighted by atomic mass is 32.2. The van der Waals surface area contributed by atoms with E-state index in [1.807, 2.05) is 24.3 Å². The maximum absolute atomic E-state index is 13.0. The zero-order valence-electron chi connectivity index (χ0n) is 15.9. The van der Waals surface area contributed by atoms with Gasteiger partial charge in [0.05, 0.1) is 22.4 Å². The van der Waals surface area contributed by atoms with Gasteiger partial charge in [-0.3, -0.25) is 4.79 Å². The van der Waals surface area contributed by atoms with Crippen LogP contribution in [-0.2, 0) is 11.3 Å². The molecular weight excluding hydrogens is 394 g/mol. The first-order chi connectivity index (χ1) is 14.1. The fourth-order valence-corrected chi connectivity index (χ4v) is 4.30. The average molecular weight is 416 g/mol. The minimum atomic E-state index is -2.60. The maximum Gasteiger partial charge on any atom is 0.291 e. The summed E-state index contributed by atoms with van der Waals surface area (Å²) in [5.41, 5.74) is 3.00. The van der Waals surface area contributed by atoms with Crippen molar-refractivity contribution < 1.29 is 13.6 Å². The van der Waals surface area contributed by atoms with Crippen molar-refractivity contribution in [2.45, 2.75) is 36.7 Å². The fourth-order valence-electron chi connectivity index (χ4n) is 3.70. The number of carbonyl (C=O) groups is 1. The third kappa shape index (κ3) is 4.53. The number of piperidine rings is 1. The summed E-state index contributed by atoms with van der Waals surface area (Å²) in [5, 5.41) is 3.10. The van der Waals surface area contributed by atoms with E-state index in [2.05, 4.69) is 15.2 Å². The van der Waals surface area contributed by atoms with E-state index in [1.54, 1.807) is 28.8 Å². The topological polar surface area (TPSA) is 50.2 Å². The molecule has 152 valence electrons. The molecule has 2 heterocycles. The van der Waals surface area contributed by atoms with Gasteiger partial charge in [-0.15, -0.1) is 0 Å². The third-order valence-corrected chi connectivity index (χ3v) is 5.69. The van der Waals surface area contributed by atoms with E-state index >= 15 is 0 Å². The van der Waals surface area contributed by atoms with Crippen LogP contribution in [0.2, 0.25) is 0 Å². The lowest BCUT2D eigenvalue weighted by molar-refractivity contribution is -0.116. The van der Waals surface area contributed by atoms with Gasteiger partial charge in [0.2, 0.25) is 5.91 Å². The second-order valence-corrected chi connectivity index (χ2v) is 7.92. The van der Waals surface area contributed by atoms with E-state index in [0.717, 1.165) is 37.3 Å². The number of fused-ring (bicyclic) bond motifs is 1. The molecule has 8 heteroatoms. The molecule has 0 radical (unpaired) electrons. The van der Waals surface area contributed by atoms with E-state index in [-0.39, 0.29) is 17.6 Å². The van der Waals surface area contributed by atoms with Gasteiger partial charge in [-0.2, -0.15) is 8.78 Å². The maximum atomic E-state index is 13.0. The van der Waals surface area contributed by atoms with Gasteiger partial charge in [0.1, 0.15) is 6.54 Å². The van der Waals surface area contributed by atoms with E-state index in [9.17, 15) is 13.6 Å². The Morgan fingerprint density at radius 3 is 2.59 bits per heavy atom. The minimum Gasteiger partial charge on any atom is -0.370 e. The van der Waals surface area contributed by atoms with Gasteiger partial charge >= 0.3 is 0 Å². The number of alkyl halides is 2. The molecule has 29 heavy (non-hydrogen) atoms. The molecule has 1 aliphatic heterocycles. The number of hydrogen-bond donors (Lipinski definition) is 1. The van der Waals surface area contributed by atoms with Crippen LogP contribution in [0.1, 0.15) is 19.3 Å². The molecule has 0 spiro atoms. The number of benzene rings is 2. The lowest BCUT2D eigenvalue weighted by Gasteiger charge is -2.30. The summed E-state index contributed by atoms with van der Waals surface area (Å²) in [6, 6.07) is 14.9. The largest absolute Gasteiger partial charge is 0.370 e. The van der Waals surface area contributed by atoms with Crippen molar-refractivity contribution in [3.05, 3.63) is 48.5 Å². The number of halogens is 2. The van der Waals surface area contributed by atoms with E-state index in [4.69, 9.17) is 0 Å². The van der Waals surface area contributed by atoms with Crippen molar-refractivity contribution in [3.63, 3.8) is 0 Å². The van der Waals surface area contributed by atoms with Gasteiger partial charge in [-0.05, 0) is 55.3 Å². The predicted molar refractivity (Wildman–Crippen MR) is 113 cm³/mol. The van der Waals surface area contributed by atoms with Gasteiger partial charge < -0.3 is 14.8 Å². The Kier molecular flexibility index (Phi) is 5.99. The summed E-state index contributed by atoms with van der Waals surface area (Å²) in [6.45, 7) is 1.85. The number of aromatic nitrogens is 2. The Morgan fingerprint density at radius 2 is 1.79 bits per heavy atom. The number of amides is 1. The Hall–Kier alpha value is -2.61. The standard InChI is InChI=1S/C21H22F2N4OS/c22-20(23)29-21-25-16-9-3-5-11-18(16)27(21)14-19(28)24-15-8-2-4-10-17(15)26-12-6-1-7-13-26/h2-5,8-11,20H,1,6-7,12-14H2,(H,24,28). The molecule has 1 N–H and O–H groups in total. The number of anilines is 2. The van der Waals surface area contributed by atoms with Crippen LogP contribution < -0.4 is 10.2 Å². The zero-order chi connectivity index (χ0) is 20.2. The summed E-state index contributed by atoms with van der Waals surface area (Å²) >= 11 is 0.355. The van der Waals surface area contributed by atoms with Crippen LogP contribution in [0.15, 0.2) is 53.7 Å². The van der Waals surface area contributed by atoms with E-state index in [1.165, 1.54) is 6.42 Å². The molecule has 2 aromatic carbocycles. The summed E-state index contributed by atoms with van der Waals surface area (Å²) in [5.74, 6) is -2.87. The lowest BCUT2D eigenvalue weighted by Crippen LogP contribution is -2.30. The van der Waals surface area contributed by atoms with Crippen molar-refractivity contribution in [1.82, 2.24) is 9.55 Å². The van der Waals surface area contributed by atoms with Gasteiger partial charge in [-0.25, -0.2) is 4.98 Å². The number of thioether (sulfide) groups is 1. The fraction of sp³-hybridized carbons (Fsp3) is 0.333. The molecule has 0 unspecified atom stereocenters. The van der Waals surface area contributed by atoms with E-state index < -0.39 is 5.76 Å². The van der Waals surface area contributed by atoms with Crippen LogP contribution in [0.5, 0.6) is 0 Å². The summed E-state index contributed by atoms with van der Waals surface area (Å²) in [4.78, 5) is 19.4. The number of hydrogen-bond acceptors (Lipinski definition) is 4. The molecule has 1 saturated heterocycles. The average Bonchev–Trinajstić information content (AvgIpc) is 3.05. The predicted octanol–water partition coefficient (Wildman–Crippen LogP) is 4.98. The Balaban J connectivity index is 1.57. The summed E-state index contributed by atoms with van der Waals surface area (Å²) in [6.07, 6.45) is 3.50. The molecule has 1 aliphatic rings. The van der Waals surface area contributed by atoms with Gasteiger partial charge in [0.15, 0.2) is 5.16 Å². The van der Waals surface area contributed by atoms with Gasteiger partial charge in [0.25, 0.3) is 5.76 Å². The lowest BCUT2D eigenvalue weighted by atomic mass is 10.1. The number of nitrogens with one attached hydrogen (secondary N) is 1. The third-order valence-electron chi connectivity index (χ3n) is 4.99. The highest BCUT2D eigenvalue weighted by Crippen LogP contribution is 2.30. The van der Waals surface area contributed by atoms with Crippen LogP contribution in [0.25, 0.3) is 11.0 Å². The first-order valence-corrected chi connectivity index (χ1v) is 10.5. The molecule has 5 nitrogen and oxygen atoms in total. The molecule has 1 aromatic heterocycles. The Labute approximate surface area is 172 Å². The Morgan fingerprint density at radius 1 is 1.07 bits per heavy atom. The highest BCUT2D eigenvalue weighted by Gasteiger charge is 2.19. The second-order valence-electron chi connectivity index (χ2n) is 6.96. The first-order valence-electron chi connectivity index (χ1n) is 9.66. The molecule has 1 amide bonds. The number of carbonyl (C=O) groups excluding carboxylic acids is 1. The minimum absolute atomic E-state index is 0.0795. The molecule has 1 fully saturated rings. The monoisotopic (exact) mass is 416 g/mol. The van der Waals surface area contributed by atoms with Crippen molar-refractivity contribution in [2.75, 3.05) is 23.3 Å². The second kappa shape index (κ2) is 8.82. The van der Waals surface area contributed by atoms with Crippen LogP contribution in [0.4, 0.5) is 20.2 Å². The number of para-hydroxylation sites is 4. The van der Waals surface area contributed by atoms with Crippen molar-refractivity contribution in [1.29, 1.82) is 0 Å². The van der Waals surface area contributed by atoms with Crippen LogP contribution in [-0.4, -0.2) is 34.3 Å². The number of rotatable bonds is 6. The first kappa shape index (κ1) is 19.7. The SMILES string of the molecule is O=C(Cn1c(SC(F)F)nc2ccccc21)Nc1ccccc1N1CCCCC1. The normalized spacial score (nSPS) is 14.5. The van der Waals surface area contributed by atoms with Gasteiger partial charge in [-0.1, -0.05) is 24.3 Å².